The highest BCUT2D eigenvalue weighted by Crippen LogP contribution is 2.24. The largest absolute Gasteiger partial charge is 0.476 e. The van der Waals surface area contributed by atoms with Gasteiger partial charge in [0, 0.05) is 50.6 Å². The number of rotatable bonds is 5. The molecule has 2 heterocycles. The maximum absolute atomic E-state index is 12.8. The van der Waals surface area contributed by atoms with E-state index in [1.54, 1.807) is 18.3 Å². The molecular formula is C20H24ClN3O2. The number of likely N-dealkylation sites (tertiary alicyclic amines) is 1. The second-order valence-corrected chi connectivity index (χ2v) is 7.21. The first-order valence-corrected chi connectivity index (χ1v) is 9.22. The van der Waals surface area contributed by atoms with E-state index in [9.17, 15) is 4.79 Å². The maximum Gasteiger partial charge on any atom is 0.253 e. The van der Waals surface area contributed by atoms with Crippen LogP contribution in [0.2, 0.25) is 5.02 Å². The summed E-state index contributed by atoms with van der Waals surface area (Å²) in [6.07, 6.45) is 3.68. The third-order valence-electron chi connectivity index (χ3n) is 4.62. The predicted octanol–water partition coefficient (Wildman–Crippen LogP) is 3.73. The molecule has 0 aliphatic carbocycles. The summed E-state index contributed by atoms with van der Waals surface area (Å²) in [5.41, 5.74) is 1.81. The molecule has 1 aromatic carbocycles. The quantitative estimate of drug-likeness (QED) is 0.801. The van der Waals surface area contributed by atoms with Crippen molar-refractivity contribution in [1.82, 2.24) is 9.88 Å². The number of anilines is 1. The van der Waals surface area contributed by atoms with Crippen LogP contribution in [0.25, 0.3) is 0 Å². The number of carbonyl (C=O) groups excluding carboxylic acids is 1. The van der Waals surface area contributed by atoms with E-state index in [0.717, 1.165) is 30.6 Å². The van der Waals surface area contributed by atoms with Crippen LogP contribution in [-0.2, 0) is 0 Å². The number of hydrogen-bond acceptors (Lipinski definition) is 4. The Bertz CT molecular complexity index is 749. The zero-order valence-electron chi connectivity index (χ0n) is 15.2. The number of amides is 1. The lowest BCUT2D eigenvalue weighted by Gasteiger charge is -2.32. The van der Waals surface area contributed by atoms with Crippen LogP contribution in [0.1, 0.15) is 23.2 Å². The average molecular weight is 374 g/mol. The van der Waals surface area contributed by atoms with Gasteiger partial charge in [0.15, 0.2) is 0 Å². The van der Waals surface area contributed by atoms with Gasteiger partial charge in [-0.15, -0.1) is 0 Å². The van der Waals surface area contributed by atoms with Crippen LogP contribution in [0.3, 0.4) is 0 Å². The molecule has 1 unspecified atom stereocenters. The van der Waals surface area contributed by atoms with Crippen LogP contribution >= 0.6 is 11.6 Å². The Hall–Kier alpha value is -2.27. The van der Waals surface area contributed by atoms with E-state index in [1.165, 1.54) is 0 Å². The van der Waals surface area contributed by atoms with Gasteiger partial charge >= 0.3 is 0 Å². The summed E-state index contributed by atoms with van der Waals surface area (Å²) < 4.78 is 5.77. The van der Waals surface area contributed by atoms with Gasteiger partial charge in [-0.05, 0) is 49.2 Å². The zero-order valence-corrected chi connectivity index (χ0v) is 15.9. The van der Waals surface area contributed by atoms with Crippen LogP contribution in [0.15, 0.2) is 42.6 Å². The third-order valence-corrected chi connectivity index (χ3v) is 4.90. The van der Waals surface area contributed by atoms with Crippen LogP contribution in [-0.4, -0.2) is 49.6 Å². The molecule has 2 aromatic rings. The summed E-state index contributed by atoms with van der Waals surface area (Å²) in [5, 5.41) is 0.511. The number of pyridine rings is 1. The van der Waals surface area contributed by atoms with E-state index in [1.807, 2.05) is 48.2 Å². The highest BCUT2D eigenvalue weighted by Gasteiger charge is 2.25. The molecule has 6 heteroatoms. The molecule has 26 heavy (non-hydrogen) atoms. The Morgan fingerprint density at radius 1 is 1.31 bits per heavy atom. The van der Waals surface area contributed by atoms with Crippen molar-refractivity contribution in [2.75, 3.05) is 38.7 Å². The molecular weight excluding hydrogens is 350 g/mol. The molecule has 3 rings (SSSR count). The van der Waals surface area contributed by atoms with Crippen LogP contribution in [0.5, 0.6) is 5.88 Å². The highest BCUT2D eigenvalue weighted by molar-refractivity contribution is 6.31. The summed E-state index contributed by atoms with van der Waals surface area (Å²) in [4.78, 5) is 20.9. The standard InChI is InChI=1S/C20H24ClN3O2/c1-23(2)17-9-7-16(8-10-17)20(25)24-12-4-5-15(13-24)14-26-19-18(21)6-3-11-22-19/h3,6-11,15H,4-5,12-14H2,1-2H3. The lowest BCUT2D eigenvalue weighted by atomic mass is 9.98. The lowest BCUT2D eigenvalue weighted by Crippen LogP contribution is -2.41. The fourth-order valence-electron chi connectivity index (χ4n) is 3.14. The van der Waals surface area contributed by atoms with E-state index in [4.69, 9.17) is 16.3 Å². The van der Waals surface area contributed by atoms with E-state index < -0.39 is 0 Å². The van der Waals surface area contributed by atoms with Crippen molar-refractivity contribution in [1.29, 1.82) is 0 Å². The molecule has 1 amide bonds. The maximum atomic E-state index is 12.8. The van der Waals surface area contributed by atoms with Crippen LogP contribution < -0.4 is 9.64 Å². The monoisotopic (exact) mass is 373 g/mol. The van der Waals surface area contributed by atoms with Crippen molar-refractivity contribution < 1.29 is 9.53 Å². The Balaban J connectivity index is 1.59. The highest BCUT2D eigenvalue weighted by atomic mass is 35.5. The first kappa shape index (κ1) is 18.5. The Morgan fingerprint density at radius 2 is 2.08 bits per heavy atom. The zero-order chi connectivity index (χ0) is 18.5. The van der Waals surface area contributed by atoms with Gasteiger partial charge in [0.25, 0.3) is 5.91 Å². The van der Waals surface area contributed by atoms with Crippen molar-refractivity contribution in [2.45, 2.75) is 12.8 Å². The van der Waals surface area contributed by atoms with Crippen LogP contribution in [0.4, 0.5) is 5.69 Å². The number of ether oxygens (including phenoxy) is 1. The first-order chi connectivity index (χ1) is 12.5. The molecule has 1 fully saturated rings. The molecule has 0 saturated carbocycles. The third kappa shape index (κ3) is 4.47. The van der Waals surface area contributed by atoms with Crippen molar-refractivity contribution in [2.24, 2.45) is 5.92 Å². The molecule has 1 atom stereocenters. The smallest absolute Gasteiger partial charge is 0.253 e. The first-order valence-electron chi connectivity index (χ1n) is 8.84. The lowest BCUT2D eigenvalue weighted by molar-refractivity contribution is 0.0631. The molecule has 1 aliphatic heterocycles. The molecule has 1 saturated heterocycles. The summed E-state index contributed by atoms with van der Waals surface area (Å²) in [5.74, 6) is 0.819. The van der Waals surface area contributed by atoms with Gasteiger partial charge in [0.1, 0.15) is 5.02 Å². The summed E-state index contributed by atoms with van der Waals surface area (Å²) in [6.45, 7) is 1.99. The minimum Gasteiger partial charge on any atom is -0.476 e. The number of nitrogens with zero attached hydrogens (tertiary/aromatic N) is 3. The number of aromatic nitrogens is 1. The Morgan fingerprint density at radius 3 is 2.77 bits per heavy atom. The minimum atomic E-state index is 0.0795. The van der Waals surface area contributed by atoms with E-state index in [2.05, 4.69) is 4.98 Å². The Kier molecular flexibility index (Phi) is 5.99. The molecule has 1 aromatic heterocycles. The number of halogens is 1. The SMILES string of the molecule is CN(C)c1ccc(C(=O)N2CCCC(COc3ncccc3Cl)C2)cc1. The van der Waals surface area contributed by atoms with E-state index >= 15 is 0 Å². The van der Waals surface area contributed by atoms with Crippen LogP contribution in [0, 0.1) is 5.92 Å². The summed E-state index contributed by atoms with van der Waals surface area (Å²) in [7, 11) is 3.97. The Labute approximate surface area is 159 Å². The molecule has 0 N–H and O–H groups in total. The van der Waals surface area contributed by atoms with Crippen molar-refractivity contribution >= 4 is 23.2 Å². The molecule has 0 bridgehead atoms. The normalized spacial score (nSPS) is 17.0. The number of carbonyl (C=O) groups is 1. The summed E-state index contributed by atoms with van der Waals surface area (Å²) >= 11 is 6.08. The average Bonchev–Trinajstić information content (AvgIpc) is 2.67. The van der Waals surface area contributed by atoms with Crippen molar-refractivity contribution in [3.63, 3.8) is 0 Å². The van der Waals surface area contributed by atoms with Gasteiger partial charge in [0.2, 0.25) is 5.88 Å². The topological polar surface area (TPSA) is 45.7 Å². The van der Waals surface area contributed by atoms with Gasteiger partial charge in [-0.1, -0.05) is 11.6 Å². The predicted molar refractivity (Wildman–Crippen MR) is 104 cm³/mol. The fraction of sp³-hybridized carbons (Fsp3) is 0.400. The van der Waals surface area contributed by atoms with Crippen molar-refractivity contribution in [3.8, 4) is 5.88 Å². The van der Waals surface area contributed by atoms with Gasteiger partial charge in [0.05, 0.1) is 6.61 Å². The van der Waals surface area contributed by atoms with Gasteiger partial charge in [-0.2, -0.15) is 0 Å². The molecule has 0 spiro atoms. The van der Waals surface area contributed by atoms with Gasteiger partial charge < -0.3 is 14.5 Å². The second-order valence-electron chi connectivity index (χ2n) is 6.80. The summed E-state index contributed by atoms with van der Waals surface area (Å²) in [6, 6.07) is 11.3. The number of benzene rings is 1. The molecule has 0 radical (unpaired) electrons. The van der Waals surface area contributed by atoms with E-state index in [-0.39, 0.29) is 11.8 Å². The minimum absolute atomic E-state index is 0.0795. The van der Waals surface area contributed by atoms with E-state index in [0.29, 0.717) is 24.1 Å². The van der Waals surface area contributed by atoms with Gasteiger partial charge in [-0.25, -0.2) is 4.98 Å². The number of hydrogen-bond donors (Lipinski definition) is 0. The molecule has 1 aliphatic rings. The van der Waals surface area contributed by atoms with Crippen molar-refractivity contribution in [3.05, 3.63) is 53.2 Å². The van der Waals surface area contributed by atoms with Gasteiger partial charge in [-0.3, -0.25) is 4.79 Å². The molecule has 138 valence electrons. The second kappa shape index (κ2) is 8.41. The fourth-order valence-corrected chi connectivity index (χ4v) is 3.32. The molecule has 5 nitrogen and oxygen atoms in total. The number of piperidine rings is 1.